The van der Waals surface area contributed by atoms with E-state index in [2.05, 4.69) is 30.7 Å². The van der Waals surface area contributed by atoms with Gasteiger partial charge >= 0.3 is 5.97 Å². The van der Waals surface area contributed by atoms with Gasteiger partial charge in [-0.05, 0) is 6.92 Å². The molecule has 0 radical (unpaired) electrons. The number of carbonyl (C=O) groups is 1. The van der Waals surface area contributed by atoms with Crippen molar-refractivity contribution < 1.29 is 14.3 Å². The maximum atomic E-state index is 11.0. The Labute approximate surface area is 125 Å². The van der Waals surface area contributed by atoms with Crippen LogP contribution in [0, 0.1) is 6.92 Å². The van der Waals surface area contributed by atoms with Gasteiger partial charge in [-0.3, -0.25) is 0 Å². The number of carboxylic acid groups (broad SMARTS) is 1. The van der Waals surface area contributed by atoms with Crippen molar-refractivity contribution in [3.8, 4) is 0 Å². The summed E-state index contributed by atoms with van der Waals surface area (Å²) in [6, 6.07) is 0. The number of aryl methyl sites for hydroxylation is 1. The van der Waals surface area contributed by atoms with Crippen LogP contribution in [0.5, 0.6) is 0 Å². The van der Waals surface area contributed by atoms with E-state index in [9.17, 15) is 4.79 Å². The van der Waals surface area contributed by atoms with Gasteiger partial charge in [0, 0.05) is 5.41 Å². The van der Waals surface area contributed by atoms with Crippen LogP contribution in [-0.2, 0) is 11.2 Å². The summed E-state index contributed by atoms with van der Waals surface area (Å²) in [5, 5.41) is 8.99. The second-order valence-electron chi connectivity index (χ2n) is 5.36. The lowest BCUT2D eigenvalue weighted by atomic mass is 9.94. The van der Waals surface area contributed by atoms with E-state index in [1.165, 1.54) is 23.1 Å². The zero-order valence-corrected chi connectivity index (χ0v) is 13.4. The number of aromatic carboxylic acids is 1. The van der Waals surface area contributed by atoms with Crippen LogP contribution in [0.25, 0.3) is 0 Å². The topological polar surface area (TPSA) is 76.2 Å². The molecule has 0 saturated heterocycles. The molecule has 0 aliphatic heterocycles. The van der Waals surface area contributed by atoms with Gasteiger partial charge in [0.05, 0.1) is 17.6 Å². The number of thiazole rings is 1. The number of nitrogens with zero attached hydrogens (tertiary/aromatic N) is 2. The summed E-state index contributed by atoms with van der Waals surface area (Å²) in [6.45, 7) is 7.89. The molecule has 2 aromatic rings. The first-order valence-electron chi connectivity index (χ1n) is 6.06. The average molecular weight is 312 g/mol. The Morgan fingerprint density at radius 2 is 2.20 bits per heavy atom. The number of rotatable bonds is 4. The highest BCUT2D eigenvalue weighted by atomic mass is 32.2. The van der Waals surface area contributed by atoms with Crippen LogP contribution < -0.4 is 0 Å². The third kappa shape index (κ3) is 3.40. The highest BCUT2D eigenvalue weighted by Gasteiger charge is 2.20. The van der Waals surface area contributed by atoms with Crippen molar-refractivity contribution in [3.05, 3.63) is 28.4 Å². The van der Waals surface area contributed by atoms with Gasteiger partial charge in [0.1, 0.15) is 10.6 Å². The Balaban J connectivity index is 2.04. The number of carboxylic acids is 1. The van der Waals surface area contributed by atoms with E-state index in [0.717, 1.165) is 10.1 Å². The van der Waals surface area contributed by atoms with Gasteiger partial charge in [-0.15, -0.1) is 11.3 Å². The molecule has 0 unspecified atom stereocenters. The van der Waals surface area contributed by atoms with Gasteiger partial charge in [0.15, 0.2) is 4.34 Å². The van der Waals surface area contributed by atoms with Crippen LogP contribution in [0.15, 0.2) is 15.0 Å². The largest absolute Gasteiger partial charge is 0.477 e. The second kappa shape index (κ2) is 5.57. The van der Waals surface area contributed by atoms with Crippen molar-refractivity contribution in [1.29, 1.82) is 0 Å². The lowest BCUT2D eigenvalue weighted by Crippen LogP contribution is -2.09. The van der Waals surface area contributed by atoms with Crippen molar-refractivity contribution in [2.45, 2.75) is 43.2 Å². The summed E-state index contributed by atoms with van der Waals surface area (Å²) in [4.78, 5) is 19.7. The smallest absolute Gasteiger partial charge is 0.347 e. The molecule has 0 saturated carbocycles. The normalized spacial score (nSPS) is 11.8. The third-order valence-electron chi connectivity index (χ3n) is 2.58. The van der Waals surface area contributed by atoms with Gasteiger partial charge in [-0.1, -0.05) is 32.5 Å². The number of thioether (sulfide) groups is 1. The van der Waals surface area contributed by atoms with Crippen LogP contribution in [0.3, 0.4) is 0 Å². The molecule has 2 aromatic heterocycles. The van der Waals surface area contributed by atoms with Crippen LogP contribution in [0.4, 0.5) is 0 Å². The monoisotopic (exact) mass is 312 g/mol. The summed E-state index contributed by atoms with van der Waals surface area (Å²) in [7, 11) is 0. The molecule has 0 fully saturated rings. The Morgan fingerprint density at radius 3 is 2.70 bits per heavy atom. The van der Waals surface area contributed by atoms with E-state index >= 15 is 0 Å². The fraction of sp³-hybridized carbons (Fsp3) is 0.462. The number of hydrogen-bond donors (Lipinski definition) is 1. The maximum absolute atomic E-state index is 11.0. The molecule has 0 amide bonds. The summed E-state index contributed by atoms with van der Waals surface area (Å²) < 4.78 is 6.40. The quantitative estimate of drug-likeness (QED) is 0.867. The minimum Gasteiger partial charge on any atom is -0.477 e. The molecule has 0 atom stereocenters. The molecule has 5 nitrogen and oxygen atoms in total. The zero-order chi connectivity index (χ0) is 14.9. The van der Waals surface area contributed by atoms with E-state index in [1.807, 2.05) is 0 Å². The highest BCUT2D eigenvalue weighted by Crippen LogP contribution is 2.30. The van der Waals surface area contributed by atoms with Crippen LogP contribution >= 0.6 is 23.1 Å². The van der Waals surface area contributed by atoms with E-state index in [4.69, 9.17) is 9.52 Å². The molecule has 7 heteroatoms. The van der Waals surface area contributed by atoms with Crippen molar-refractivity contribution >= 4 is 29.1 Å². The molecule has 108 valence electrons. The summed E-state index contributed by atoms with van der Waals surface area (Å²) >= 11 is 2.62. The molecule has 0 spiro atoms. The Bertz CT molecular complexity index is 626. The molecular formula is C13H16N2O3S2. The summed E-state index contributed by atoms with van der Waals surface area (Å²) in [5.41, 5.74) is 0.484. The third-order valence-corrected chi connectivity index (χ3v) is 4.86. The van der Waals surface area contributed by atoms with Crippen molar-refractivity contribution in [1.82, 2.24) is 9.97 Å². The van der Waals surface area contributed by atoms with E-state index in [0.29, 0.717) is 17.3 Å². The minimum atomic E-state index is -0.932. The standard InChI is InChI=1S/C13H16N2O3S2/c1-7-10(11(16)17)20-12(15-7)19-6-9-14-5-8(18-9)13(2,3)4/h5H,6H2,1-4H3,(H,16,17). The predicted octanol–water partition coefficient (Wildman–Crippen LogP) is 3.73. The zero-order valence-electron chi connectivity index (χ0n) is 11.8. The van der Waals surface area contributed by atoms with Gasteiger partial charge < -0.3 is 9.52 Å². The Morgan fingerprint density at radius 1 is 1.50 bits per heavy atom. The van der Waals surface area contributed by atoms with E-state index in [-0.39, 0.29) is 10.3 Å². The molecule has 2 rings (SSSR count). The predicted molar refractivity (Wildman–Crippen MR) is 78.6 cm³/mol. The van der Waals surface area contributed by atoms with Crippen LogP contribution in [0.2, 0.25) is 0 Å². The van der Waals surface area contributed by atoms with Crippen molar-refractivity contribution in [2.24, 2.45) is 0 Å². The first-order valence-corrected chi connectivity index (χ1v) is 7.86. The molecule has 0 aromatic carbocycles. The average Bonchev–Trinajstić information content (AvgIpc) is 2.91. The van der Waals surface area contributed by atoms with Gasteiger partial charge in [-0.2, -0.15) is 0 Å². The van der Waals surface area contributed by atoms with Crippen molar-refractivity contribution in [3.63, 3.8) is 0 Å². The maximum Gasteiger partial charge on any atom is 0.347 e. The number of hydrogen-bond acceptors (Lipinski definition) is 6. The van der Waals surface area contributed by atoms with Crippen LogP contribution in [-0.4, -0.2) is 21.0 Å². The number of aromatic nitrogens is 2. The lowest BCUT2D eigenvalue weighted by molar-refractivity contribution is 0.0701. The Hall–Kier alpha value is -1.34. The van der Waals surface area contributed by atoms with Gasteiger partial charge in [-0.25, -0.2) is 14.8 Å². The molecule has 1 N–H and O–H groups in total. The SMILES string of the molecule is Cc1nc(SCc2ncc(C(C)(C)C)o2)sc1C(=O)O. The number of oxazole rings is 1. The fourth-order valence-electron chi connectivity index (χ4n) is 1.48. The van der Waals surface area contributed by atoms with E-state index in [1.54, 1.807) is 13.1 Å². The molecular weight excluding hydrogens is 296 g/mol. The minimum absolute atomic E-state index is 0.0653. The van der Waals surface area contributed by atoms with Crippen LogP contribution in [0.1, 0.15) is 47.8 Å². The lowest BCUT2D eigenvalue weighted by Gasteiger charge is -2.12. The fourth-order valence-corrected chi connectivity index (χ4v) is 3.36. The molecule has 20 heavy (non-hydrogen) atoms. The first-order chi connectivity index (χ1) is 9.27. The molecule has 0 aliphatic carbocycles. The van der Waals surface area contributed by atoms with Crippen molar-refractivity contribution in [2.75, 3.05) is 0 Å². The highest BCUT2D eigenvalue weighted by molar-refractivity contribution is 8.00. The summed E-state index contributed by atoms with van der Waals surface area (Å²) in [5.74, 6) is 1.08. The first kappa shape index (κ1) is 15.1. The molecule has 2 heterocycles. The molecule has 0 aliphatic rings. The van der Waals surface area contributed by atoms with Gasteiger partial charge in [0.25, 0.3) is 0 Å². The molecule has 0 bridgehead atoms. The second-order valence-corrected chi connectivity index (χ2v) is 7.58. The Kier molecular flexibility index (Phi) is 4.19. The summed E-state index contributed by atoms with van der Waals surface area (Å²) in [6.07, 6.45) is 1.74. The van der Waals surface area contributed by atoms with E-state index < -0.39 is 5.97 Å². The van der Waals surface area contributed by atoms with Gasteiger partial charge in [0.2, 0.25) is 5.89 Å².